The second kappa shape index (κ2) is 13.3. The lowest BCUT2D eigenvalue weighted by Gasteiger charge is -2.31. The normalized spacial score (nSPS) is 11.6. The maximum atomic E-state index is 13.5. The van der Waals surface area contributed by atoms with Crippen LogP contribution in [0.2, 0.25) is 0 Å². The SMILES string of the molecule is CCCCNC(=O)[C@H](Cc1ccccc1)N(Cc1ccc(F)cc1)C(=O)CCc1ccccc1. The van der Waals surface area contributed by atoms with Crippen molar-refractivity contribution in [3.63, 3.8) is 0 Å². The van der Waals surface area contributed by atoms with Crippen molar-refractivity contribution in [2.75, 3.05) is 6.54 Å². The minimum absolute atomic E-state index is 0.0975. The predicted octanol–water partition coefficient (Wildman–Crippen LogP) is 5.31. The van der Waals surface area contributed by atoms with Crippen LogP contribution in [-0.4, -0.2) is 29.3 Å². The summed E-state index contributed by atoms with van der Waals surface area (Å²) < 4.78 is 13.5. The highest BCUT2D eigenvalue weighted by Gasteiger charge is 2.30. The molecule has 0 aliphatic rings. The van der Waals surface area contributed by atoms with Crippen LogP contribution in [0.1, 0.15) is 42.9 Å². The van der Waals surface area contributed by atoms with E-state index >= 15 is 0 Å². The molecule has 3 rings (SSSR count). The van der Waals surface area contributed by atoms with E-state index in [-0.39, 0.29) is 24.2 Å². The Morgan fingerprint density at radius 3 is 2.09 bits per heavy atom. The maximum absolute atomic E-state index is 13.5. The number of unbranched alkanes of at least 4 members (excludes halogenated alkanes) is 1. The zero-order chi connectivity index (χ0) is 24.2. The maximum Gasteiger partial charge on any atom is 0.243 e. The second-order valence-electron chi connectivity index (χ2n) is 8.48. The van der Waals surface area contributed by atoms with Gasteiger partial charge in [0, 0.05) is 25.9 Å². The molecule has 34 heavy (non-hydrogen) atoms. The van der Waals surface area contributed by atoms with Crippen LogP contribution in [0.3, 0.4) is 0 Å². The summed E-state index contributed by atoms with van der Waals surface area (Å²) in [7, 11) is 0. The first kappa shape index (κ1) is 25.2. The summed E-state index contributed by atoms with van der Waals surface area (Å²) in [6.45, 7) is 2.89. The lowest BCUT2D eigenvalue weighted by atomic mass is 10.0. The van der Waals surface area contributed by atoms with Gasteiger partial charge < -0.3 is 10.2 Å². The van der Waals surface area contributed by atoms with Gasteiger partial charge in [-0.2, -0.15) is 0 Å². The number of carbonyl (C=O) groups is 2. The molecule has 0 aliphatic heterocycles. The second-order valence-corrected chi connectivity index (χ2v) is 8.48. The molecule has 4 nitrogen and oxygen atoms in total. The standard InChI is InChI=1S/C29H33FN2O2/c1-2-3-20-31-29(34)27(21-24-12-8-5-9-13-24)32(22-25-14-17-26(30)18-15-25)28(33)19-16-23-10-6-4-7-11-23/h4-15,17-18,27H,2-3,16,19-22H2,1H3,(H,31,34)/t27-/m0/s1. The van der Waals surface area contributed by atoms with Gasteiger partial charge in [-0.1, -0.05) is 86.1 Å². The number of aryl methyl sites for hydroxylation is 1. The number of benzene rings is 3. The molecular formula is C29H33FN2O2. The zero-order valence-electron chi connectivity index (χ0n) is 19.8. The molecule has 0 aliphatic carbocycles. The lowest BCUT2D eigenvalue weighted by Crippen LogP contribution is -2.50. The Morgan fingerprint density at radius 1 is 0.853 bits per heavy atom. The first-order valence-corrected chi connectivity index (χ1v) is 12.0. The van der Waals surface area contributed by atoms with Crippen LogP contribution >= 0.6 is 0 Å². The fourth-order valence-electron chi connectivity index (χ4n) is 3.89. The average molecular weight is 461 g/mol. The molecule has 0 bridgehead atoms. The van der Waals surface area contributed by atoms with E-state index in [0.29, 0.717) is 25.8 Å². The van der Waals surface area contributed by atoms with Gasteiger partial charge in [0.15, 0.2) is 0 Å². The molecule has 1 atom stereocenters. The summed E-state index contributed by atoms with van der Waals surface area (Å²) in [5, 5.41) is 3.02. The quantitative estimate of drug-likeness (QED) is 0.372. The first-order chi connectivity index (χ1) is 16.6. The Labute approximate surface area is 201 Å². The molecule has 178 valence electrons. The fourth-order valence-corrected chi connectivity index (χ4v) is 3.89. The van der Waals surface area contributed by atoms with E-state index in [0.717, 1.165) is 29.5 Å². The molecule has 0 saturated carbocycles. The molecule has 0 fully saturated rings. The van der Waals surface area contributed by atoms with Gasteiger partial charge in [-0.05, 0) is 41.7 Å². The lowest BCUT2D eigenvalue weighted by molar-refractivity contribution is -0.141. The number of carbonyl (C=O) groups excluding carboxylic acids is 2. The molecule has 3 aromatic carbocycles. The van der Waals surface area contributed by atoms with Crippen molar-refractivity contribution < 1.29 is 14.0 Å². The number of halogens is 1. The van der Waals surface area contributed by atoms with E-state index in [1.807, 2.05) is 60.7 Å². The van der Waals surface area contributed by atoms with Crippen molar-refractivity contribution in [2.24, 2.45) is 0 Å². The summed E-state index contributed by atoms with van der Waals surface area (Å²) in [6.07, 6.45) is 3.15. The number of hydrogen-bond donors (Lipinski definition) is 1. The first-order valence-electron chi connectivity index (χ1n) is 12.0. The van der Waals surface area contributed by atoms with E-state index in [2.05, 4.69) is 12.2 Å². The third kappa shape index (κ3) is 7.84. The highest BCUT2D eigenvalue weighted by atomic mass is 19.1. The van der Waals surface area contributed by atoms with Gasteiger partial charge in [-0.25, -0.2) is 4.39 Å². The van der Waals surface area contributed by atoms with Crippen molar-refractivity contribution in [1.29, 1.82) is 0 Å². The Morgan fingerprint density at radius 2 is 1.47 bits per heavy atom. The van der Waals surface area contributed by atoms with Crippen molar-refractivity contribution >= 4 is 11.8 Å². The number of amides is 2. The van der Waals surface area contributed by atoms with Gasteiger partial charge in [0.25, 0.3) is 0 Å². The number of rotatable bonds is 12. The molecule has 1 N–H and O–H groups in total. The van der Waals surface area contributed by atoms with Gasteiger partial charge in [-0.15, -0.1) is 0 Å². The summed E-state index contributed by atoms with van der Waals surface area (Å²) >= 11 is 0. The van der Waals surface area contributed by atoms with Crippen molar-refractivity contribution in [1.82, 2.24) is 10.2 Å². The van der Waals surface area contributed by atoms with Gasteiger partial charge in [-0.3, -0.25) is 9.59 Å². The van der Waals surface area contributed by atoms with Crippen LogP contribution in [0.15, 0.2) is 84.9 Å². The topological polar surface area (TPSA) is 49.4 Å². The van der Waals surface area contributed by atoms with Crippen LogP contribution in [0.5, 0.6) is 0 Å². The average Bonchev–Trinajstić information content (AvgIpc) is 2.87. The molecule has 3 aromatic rings. The number of nitrogens with zero attached hydrogens (tertiary/aromatic N) is 1. The van der Waals surface area contributed by atoms with E-state index in [9.17, 15) is 14.0 Å². The van der Waals surface area contributed by atoms with E-state index in [4.69, 9.17) is 0 Å². The Kier molecular flexibility index (Phi) is 9.83. The fraction of sp³-hybridized carbons (Fsp3) is 0.310. The minimum Gasteiger partial charge on any atom is -0.354 e. The Bertz CT molecular complexity index is 1020. The van der Waals surface area contributed by atoms with Crippen LogP contribution in [0.25, 0.3) is 0 Å². The van der Waals surface area contributed by atoms with Gasteiger partial charge in [0.2, 0.25) is 11.8 Å². The van der Waals surface area contributed by atoms with Crippen molar-refractivity contribution in [2.45, 2.75) is 51.6 Å². The molecule has 0 heterocycles. The monoisotopic (exact) mass is 460 g/mol. The van der Waals surface area contributed by atoms with E-state index in [1.165, 1.54) is 12.1 Å². The van der Waals surface area contributed by atoms with E-state index < -0.39 is 6.04 Å². The van der Waals surface area contributed by atoms with E-state index in [1.54, 1.807) is 17.0 Å². The predicted molar refractivity (Wildman–Crippen MR) is 134 cm³/mol. The third-order valence-electron chi connectivity index (χ3n) is 5.84. The number of hydrogen-bond acceptors (Lipinski definition) is 2. The molecule has 0 aromatic heterocycles. The summed E-state index contributed by atoms with van der Waals surface area (Å²) in [5.41, 5.74) is 2.84. The minimum atomic E-state index is -0.660. The highest BCUT2D eigenvalue weighted by molar-refractivity contribution is 5.88. The van der Waals surface area contributed by atoms with Crippen LogP contribution in [0, 0.1) is 5.82 Å². The molecule has 0 unspecified atom stereocenters. The number of nitrogens with one attached hydrogen (secondary N) is 1. The smallest absolute Gasteiger partial charge is 0.243 e. The van der Waals surface area contributed by atoms with Crippen LogP contribution in [0.4, 0.5) is 4.39 Å². The van der Waals surface area contributed by atoms with Gasteiger partial charge in [0.05, 0.1) is 0 Å². The van der Waals surface area contributed by atoms with Gasteiger partial charge in [0.1, 0.15) is 11.9 Å². The molecule has 2 amide bonds. The molecular weight excluding hydrogens is 427 g/mol. The molecule has 0 spiro atoms. The largest absolute Gasteiger partial charge is 0.354 e. The van der Waals surface area contributed by atoms with Crippen LogP contribution in [-0.2, 0) is 29.0 Å². The zero-order valence-corrected chi connectivity index (χ0v) is 19.8. The third-order valence-corrected chi connectivity index (χ3v) is 5.84. The van der Waals surface area contributed by atoms with Gasteiger partial charge >= 0.3 is 0 Å². The summed E-state index contributed by atoms with van der Waals surface area (Å²) in [4.78, 5) is 28.5. The summed E-state index contributed by atoms with van der Waals surface area (Å²) in [6, 6.07) is 25.0. The van der Waals surface area contributed by atoms with Crippen molar-refractivity contribution in [3.05, 3.63) is 107 Å². The Balaban J connectivity index is 1.86. The molecule has 5 heteroatoms. The Hall–Kier alpha value is -3.47. The molecule has 0 saturated heterocycles. The van der Waals surface area contributed by atoms with Crippen molar-refractivity contribution in [3.8, 4) is 0 Å². The highest BCUT2D eigenvalue weighted by Crippen LogP contribution is 2.17. The summed E-state index contributed by atoms with van der Waals surface area (Å²) in [5.74, 6) is -0.587. The van der Waals surface area contributed by atoms with Crippen LogP contribution < -0.4 is 5.32 Å². The molecule has 0 radical (unpaired) electrons.